The van der Waals surface area contributed by atoms with E-state index in [9.17, 15) is 9.59 Å². The first-order valence-electron chi connectivity index (χ1n) is 5.90. The molecule has 0 aromatic heterocycles. The van der Waals surface area contributed by atoms with Gasteiger partial charge in [-0.05, 0) is 33.4 Å². The second kappa shape index (κ2) is 6.04. The molecule has 0 atom stereocenters. The molecule has 106 valence electrons. The minimum Gasteiger partial charge on any atom is -0.480 e. The number of urea groups is 1. The van der Waals surface area contributed by atoms with Gasteiger partial charge in [0.05, 0.1) is 0 Å². The Labute approximate surface area is 109 Å². The van der Waals surface area contributed by atoms with Crippen molar-refractivity contribution in [3.63, 3.8) is 0 Å². The lowest BCUT2D eigenvalue weighted by atomic mass is 9.93. The zero-order valence-electron chi connectivity index (χ0n) is 12.1. The molecule has 3 N–H and O–H groups in total. The van der Waals surface area contributed by atoms with Gasteiger partial charge < -0.3 is 20.6 Å². The molecule has 0 aromatic carbocycles. The molecule has 0 heterocycles. The number of carboxylic acid groups (broad SMARTS) is 1. The van der Waals surface area contributed by atoms with Gasteiger partial charge in [0.25, 0.3) is 0 Å². The number of nitrogens with one attached hydrogen (secondary N) is 2. The maximum Gasteiger partial charge on any atom is 0.328 e. The highest BCUT2D eigenvalue weighted by molar-refractivity contribution is 5.85. The highest BCUT2D eigenvalue weighted by atomic mass is 16.4. The number of carbonyl (C=O) groups excluding carboxylic acids is 1. The topological polar surface area (TPSA) is 81.7 Å². The SMILES string of the molecule is CN(C)CC(C)(C)CNC(=O)NC(C)(C)C(=O)O. The molecule has 0 aliphatic heterocycles. The molecule has 0 unspecified atom stereocenters. The largest absolute Gasteiger partial charge is 0.480 e. The molecule has 0 saturated heterocycles. The normalized spacial score (nSPS) is 12.4. The number of carboxylic acids is 1. The van der Waals surface area contributed by atoms with E-state index in [0.717, 1.165) is 6.54 Å². The number of rotatable bonds is 6. The van der Waals surface area contributed by atoms with E-state index >= 15 is 0 Å². The summed E-state index contributed by atoms with van der Waals surface area (Å²) in [4.78, 5) is 24.5. The molecule has 0 fully saturated rings. The van der Waals surface area contributed by atoms with Crippen molar-refractivity contribution in [3.8, 4) is 0 Å². The van der Waals surface area contributed by atoms with Crippen LogP contribution in [0.1, 0.15) is 27.7 Å². The van der Waals surface area contributed by atoms with Crippen LogP contribution in [0.2, 0.25) is 0 Å². The molecule has 6 nitrogen and oxygen atoms in total. The van der Waals surface area contributed by atoms with Crippen LogP contribution >= 0.6 is 0 Å². The summed E-state index contributed by atoms with van der Waals surface area (Å²) in [7, 11) is 3.94. The van der Waals surface area contributed by atoms with Crippen molar-refractivity contribution in [1.29, 1.82) is 0 Å². The molecule has 0 saturated carbocycles. The van der Waals surface area contributed by atoms with Crippen molar-refractivity contribution < 1.29 is 14.7 Å². The highest BCUT2D eigenvalue weighted by Gasteiger charge is 2.29. The number of aliphatic carboxylic acids is 1. The van der Waals surface area contributed by atoms with Crippen LogP contribution in [0.4, 0.5) is 4.79 Å². The minimum absolute atomic E-state index is 0.0752. The Kier molecular flexibility index (Phi) is 5.60. The summed E-state index contributed by atoms with van der Waals surface area (Å²) < 4.78 is 0. The molecule has 0 aliphatic rings. The van der Waals surface area contributed by atoms with Gasteiger partial charge >= 0.3 is 12.0 Å². The molecule has 0 spiro atoms. The summed E-state index contributed by atoms with van der Waals surface area (Å²) in [6.45, 7) is 8.27. The molecule has 2 amide bonds. The summed E-state index contributed by atoms with van der Waals surface area (Å²) in [6.07, 6.45) is 0. The number of nitrogens with zero attached hydrogens (tertiary/aromatic N) is 1. The van der Waals surface area contributed by atoms with Crippen LogP contribution in [-0.2, 0) is 4.79 Å². The first-order valence-corrected chi connectivity index (χ1v) is 5.90. The van der Waals surface area contributed by atoms with Gasteiger partial charge in [-0.3, -0.25) is 0 Å². The lowest BCUT2D eigenvalue weighted by Crippen LogP contribution is -2.54. The van der Waals surface area contributed by atoms with Crippen molar-refractivity contribution in [1.82, 2.24) is 15.5 Å². The van der Waals surface area contributed by atoms with Gasteiger partial charge in [0, 0.05) is 13.1 Å². The third-order valence-corrected chi connectivity index (χ3v) is 2.43. The summed E-state index contributed by atoms with van der Waals surface area (Å²) in [5, 5.41) is 14.0. The maximum atomic E-state index is 11.6. The van der Waals surface area contributed by atoms with E-state index in [2.05, 4.69) is 10.6 Å². The van der Waals surface area contributed by atoms with Crippen molar-refractivity contribution in [3.05, 3.63) is 0 Å². The van der Waals surface area contributed by atoms with Gasteiger partial charge in [0.2, 0.25) is 0 Å². The fraction of sp³-hybridized carbons (Fsp3) is 0.833. The molecular formula is C12H25N3O3. The Morgan fingerprint density at radius 1 is 1.17 bits per heavy atom. The smallest absolute Gasteiger partial charge is 0.328 e. The average molecular weight is 259 g/mol. The van der Waals surface area contributed by atoms with Gasteiger partial charge in [-0.25, -0.2) is 9.59 Å². The first-order chi connectivity index (χ1) is 7.96. The predicted octanol–water partition coefficient (Wildman–Crippen LogP) is 0.737. The second-order valence-corrected chi connectivity index (χ2v) is 6.14. The molecule has 0 radical (unpaired) electrons. The van der Waals surface area contributed by atoms with Crippen molar-refractivity contribution in [2.75, 3.05) is 27.2 Å². The quantitative estimate of drug-likeness (QED) is 0.657. The molecular weight excluding hydrogens is 234 g/mol. The van der Waals surface area contributed by atoms with E-state index in [4.69, 9.17) is 5.11 Å². The first kappa shape index (κ1) is 16.7. The van der Waals surface area contributed by atoms with Crippen LogP contribution in [0.3, 0.4) is 0 Å². The Morgan fingerprint density at radius 3 is 2.06 bits per heavy atom. The predicted molar refractivity (Wildman–Crippen MR) is 70.6 cm³/mol. The van der Waals surface area contributed by atoms with E-state index in [1.807, 2.05) is 32.8 Å². The molecule has 0 bridgehead atoms. The van der Waals surface area contributed by atoms with Gasteiger partial charge in [-0.2, -0.15) is 0 Å². The number of hydrogen-bond donors (Lipinski definition) is 3. The fourth-order valence-electron chi connectivity index (χ4n) is 1.61. The monoisotopic (exact) mass is 259 g/mol. The van der Waals surface area contributed by atoms with Crippen LogP contribution in [0.5, 0.6) is 0 Å². The summed E-state index contributed by atoms with van der Waals surface area (Å²) in [6, 6.07) is -0.464. The van der Waals surface area contributed by atoms with Gasteiger partial charge in [0.1, 0.15) is 5.54 Å². The lowest BCUT2D eigenvalue weighted by molar-refractivity contribution is -0.142. The van der Waals surface area contributed by atoms with Crippen molar-refractivity contribution in [2.45, 2.75) is 33.2 Å². The summed E-state index contributed by atoms with van der Waals surface area (Å²) in [5.74, 6) is -1.06. The third-order valence-electron chi connectivity index (χ3n) is 2.43. The van der Waals surface area contributed by atoms with E-state index in [1.54, 1.807) is 0 Å². The van der Waals surface area contributed by atoms with Crippen molar-refractivity contribution >= 4 is 12.0 Å². The van der Waals surface area contributed by atoms with E-state index in [1.165, 1.54) is 13.8 Å². The standard InChI is InChI=1S/C12H25N3O3/c1-11(2,8-15(5)6)7-13-10(18)14-12(3,4)9(16)17/h7-8H2,1-6H3,(H,16,17)(H2,13,14,18). The Balaban J connectivity index is 4.23. The van der Waals surface area contributed by atoms with E-state index < -0.39 is 17.5 Å². The third kappa shape index (κ3) is 6.44. The Hall–Kier alpha value is -1.30. The summed E-state index contributed by atoms with van der Waals surface area (Å²) >= 11 is 0. The lowest BCUT2D eigenvalue weighted by Gasteiger charge is -2.29. The van der Waals surface area contributed by atoms with Crippen LogP contribution in [0.25, 0.3) is 0 Å². The van der Waals surface area contributed by atoms with Crippen LogP contribution < -0.4 is 10.6 Å². The van der Waals surface area contributed by atoms with E-state index in [-0.39, 0.29) is 5.41 Å². The maximum absolute atomic E-state index is 11.6. The van der Waals surface area contributed by atoms with Crippen molar-refractivity contribution in [2.24, 2.45) is 5.41 Å². The van der Waals surface area contributed by atoms with Gasteiger partial charge in [-0.15, -0.1) is 0 Å². The number of amides is 2. The molecule has 6 heteroatoms. The Bertz CT molecular complexity index is 312. The van der Waals surface area contributed by atoms with Gasteiger partial charge in [0.15, 0.2) is 0 Å². The van der Waals surface area contributed by atoms with Gasteiger partial charge in [-0.1, -0.05) is 13.8 Å². The second-order valence-electron chi connectivity index (χ2n) is 6.14. The average Bonchev–Trinajstić information content (AvgIpc) is 2.12. The van der Waals surface area contributed by atoms with Crippen LogP contribution in [0, 0.1) is 5.41 Å². The molecule has 0 aromatic rings. The number of hydrogen-bond acceptors (Lipinski definition) is 3. The zero-order valence-corrected chi connectivity index (χ0v) is 12.1. The molecule has 18 heavy (non-hydrogen) atoms. The highest BCUT2D eigenvalue weighted by Crippen LogP contribution is 2.14. The van der Waals surface area contributed by atoms with Crippen LogP contribution in [-0.4, -0.2) is 54.7 Å². The minimum atomic E-state index is -1.27. The van der Waals surface area contributed by atoms with E-state index in [0.29, 0.717) is 6.54 Å². The Morgan fingerprint density at radius 2 is 1.67 bits per heavy atom. The molecule has 0 aliphatic carbocycles. The fourth-order valence-corrected chi connectivity index (χ4v) is 1.61. The number of carbonyl (C=O) groups is 2. The molecule has 0 rings (SSSR count). The zero-order chi connectivity index (χ0) is 14.6. The van der Waals surface area contributed by atoms with Crippen LogP contribution in [0.15, 0.2) is 0 Å². The summed E-state index contributed by atoms with van der Waals surface area (Å²) in [5.41, 5.74) is -1.34.